The van der Waals surface area contributed by atoms with Gasteiger partial charge in [0.25, 0.3) is 5.91 Å². The Morgan fingerprint density at radius 1 is 1.04 bits per heavy atom. The number of para-hydroxylation sites is 2. The number of benzene rings is 2. The van der Waals surface area contributed by atoms with Crippen molar-refractivity contribution in [3.8, 4) is 0 Å². The number of sulfonamides is 1. The third kappa shape index (κ3) is 6.11. The molecule has 25 heavy (non-hydrogen) atoms. The zero-order valence-electron chi connectivity index (χ0n) is 14.4. The first-order valence-corrected chi connectivity index (χ1v) is 9.87. The minimum atomic E-state index is -3.44. The summed E-state index contributed by atoms with van der Waals surface area (Å²) >= 11 is 0. The van der Waals surface area contributed by atoms with E-state index in [0.29, 0.717) is 12.1 Å². The summed E-state index contributed by atoms with van der Waals surface area (Å²) in [5, 5.41) is 2.83. The number of nitrogens with zero attached hydrogens (tertiary/aromatic N) is 1. The summed E-state index contributed by atoms with van der Waals surface area (Å²) < 4.78 is 25.2. The predicted molar refractivity (Wildman–Crippen MR) is 102 cm³/mol. The highest BCUT2D eigenvalue weighted by Gasteiger charge is 2.13. The van der Waals surface area contributed by atoms with Crippen LogP contribution in [0.2, 0.25) is 0 Å². The number of carbonyl (C=O) groups excluding carboxylic acids is 1. The van der Waals surface area contributed by atoms with Crippen LogP contribution in [0.4, 0.5) is 11.4 Å². The number of anilines is 2. The van der Waals surface area contributed by atoms with Gasteiger partial charge in [-0.05, 0) is 30.7 Å². The SMILES string of the molecule is CN(CCCNC(=O)c1ccccc1NS(C)(=O)=O)c1ccccc1. The topological polar surface area (TPSA) is 78.5 Å². The minimum absolute atomic E-state index is 0.281. The fraction of sp³-hybridized carbons (Fsp3) is 0.278. The van der Waals surface area contributed by atoms with Crippen LogP contribution in [-0.4, -0.2) is 40.7 Å². The van der Waals surface area contributed by atoms with Gasteiger partial charge in [0, 0.05) is 25.8 Å². The van der Waals surface area contributed by atoms with Gasteiger partial charge >= 0.3 is 0 Å². The highest BCUT2D eigenvalue weighted by molar-refractivity contribution is 7.92. The van der Waals surface area contributed by atoms with Gasteiger partial charge in [-0.2, -0.15) is 0 Å². The smallest absolute Gasteiger partial charge is 0.253 e. The van der Waals surface area contributed by atoms with Crippen molar-refractivity contribution >= 4 is 27.3 Å². The third-order valence-electron chi connectivity index (χ3n) is 3.62. The Morgan fingerprint density at radius 3 is 2.36 bits per heavy atom. The number of carbonyl (C=O) groups is 1. The van der Waals surface area contributed by atoms with E-state index in [9.17, 15) is 13.2 Å². The van der Waals surface area contributed by atoms with Gasteiger partial charge in [0.05, 0.1) is 17.5 Å². The molecule has 0 radical (unpaired) electrons. The van der Waals surface area contributed by atoms with Gasteiger partial charge in [0.15, 0.2) is 0 Å². The van der Waals surface area contributed by atoms with E-state index in [2.05, 4.69) is 14.9 Å². The molecule has 1 amide bonds. The first-order valence-electron chi connectivity index (χ1n) is 7.98. The molecule has 2 aromatic carbocycles. The highest BCUT2D eigenvalue weighted by Crippen LogP contribution is 2.16. The van der Waals surface area contributed by atoms with E-state index in [4.69, 9.17) is 0 Å². The van der Waals surface area contributed by atoms with Crippen molar-refractivity contribution in [2.45, 2.75) is 6.42 Å². The van der Waals surface area contributed by atoms with Gasteiger partial charge < -0.3 is 10.2 Å². The number of nitrogens with one attached hydrogen (secondary N) is 2. The molecule has 6 nitrogen and oxygen atoms in total. The number of rotatable bonds is 8. The number of hydrogen-bond acceptors (Lipinski definition) is 4. The Kier molecular flexibility index (Phi) is 6.41. The van der Waals surface area contributed by atoms with Crippen molar-refractivity contribution in [3.05, 3.63) is 60.2 Å². The molecule has 0 aliphatic heterocycles. The molecule has 2 aromatic rings. The molecule has 0 fully saturated rings. The maximum absolute atomic E-state index is 12.3. The van der Waals surface area contributed by atoms with E-state index in [1.165, 1.54) is 0 Å². The Bertz CT molecular complexity index is 807. The molecule has 7 heteroatoms. The molecule has 0 saturated heterocycles. The molecule has 0 unspecified atom stereocenters. The molecule has 0 heterocycles. The van der Waals surface area contributed by atoms with Crippen LogP contribution in [0.5, 0.6) is 0 Å². The van der Waals surface area contributed by atoms with Crippen LogP contribution in [0.3, 0.4) is 0 Å². The van der Waals surface area contributed by atoms with Crippen LogP contribution in [0.1, 0.15) is 16.8 Å². The lowest BCUT2D eigenvalue weighted by Gasteiger charge is -2.19. The van der Waals surface area contributed by atoms with Crippen LogP contribution in [-0.2, 0) is 10.0 Å². The van der Waals surface area contributed by atoms with Gasteiger partial charge in [0.2, 0.25) is 10.0 Å². The van der Waals surface area contributed by atoms with Crippen LogP contribution < -0.4 is 14.9 Å². The van der Waals surface area contributed by atoms with Gasteiger partial charge in [0.1, 0.15) is 0 Å². The van der Waals surface area contributed by atoms with Crippen molar-refractivity contribution in [1.29, 1.82) is 0 Å². The maximum Gasteiger partial charge on any atom is 0.253 e. The lowest BCUT2D eigenvalue weighted by atomic mass is 10.1. The number of amides is 1. The van der Waals surface area contributed by atoms with Crippen molar-refractivity contribution in [3.63, 3.8) is 0 Å². The van der Waals surface area contributed by atoms with E-state index in [1.807, 2.05) is 37.4 Å². The molecule has 0 aliphatic rings. The van der Waals surface area contributed by atoms with Gasteiger partial charge in [-0.1, -0.05) is 30.3 Å². The van der Waals surface area contributed by atoms with Crippen LogP contribution in [0.15, 0.2) is 54.6 Å². The molecule has 0 spiro atoms. The molecule has 0 aromatic heterocycles. The first kappa shape index (κ1) is 18.8. The van der Waals surface area contributed by atoms with E-state index < -0.39 is 10.0 Å². The quantitative estimate of drug-likeness (QED) is 0.707. The normalized spacial score (nSPS) is 11.0. The molecular weight excluding hydrogens is 338 g/mol. The predicted octanol–water partition coefficient (Wildman–Crippen LogP) is 2.31. The van der Waals surface area contributed by atoms with Crippen LogP contribution >= 0.6 is 0 Å². The average Bonchev–Trinajstić information content (AvgIpc) is 2.58. The fourth-order valence-electron chi connectivity index (χ4n) is 2.39. The van der Waals surface area contributed by atoms with E-state index >= 15 is 0 Å². The Hall–Kier alpha value is -2.54. The Balaban J connectivity index is 1.87. The van der Waals surface area contributed by atoms with Crippen molar-refractivity contribution in [2.24, 2.45) is 0 Å². The molecular formula is C18H23N3O3S. The van der Waals surface area contributed by atoms with Gasteiger partial charge in [-0.3, -0.25) is 9.52 Å². The lowest BCUT2D eigenvalue weighted by Crippen LogP contribution is -2.29. The monoisotopic (exact) mass is 361 g/mol. The molecule has 2 rings (SSSR count). The van der Waals surface area contributed by atoms with Crippen molar-refractivity contribution < 1.29 is 13.2 Å². The van der Waals surface area contributed by atoms with E-state index in [0.717, 1.165) is 24.9 Å². The van der Waals surface area contributed by atoms with Crippen molar-refractivity contribution in [2.75, 3.05) is 36.0 Å². The Morgan fingerprint density at radius 2 is 1.68 bits per heavy atom. The highest BCUT2D eigenvalue weighted by atomic mass is 32.2. The van der Waals surface area contributed by atoms with E-state index in [-0.39, 0.29) is 11.6 Å². The first-order chi connectivity index (χ1) is 11.9. The summed E-state index contributed by atoms with van der Waals surface area (Å²) in [5.74, 6) is -0.297. The van der Waals surface area contributed by atoms with Crippen LogP contribution in [0.25, 0.3) is 0 Å². The summed E-state index contributed by atoms with van der Waals surface area (Å²) in [6.45, 7) is 1.30. The second-order valence-corrected chi connectivity index (χ2v) is 7.53. The largest absolute Gasteiger partial charge is 0.375 e. The maximum atomic E-state index is 12.3. The summed E-state index contributed by atoms with van der Waals surface area (Å²) in [6, 6.07) is 16.6. The van der Waals surface area contributed by atoms with Gasteiger partial charge in [-0.15, -0.1) is 0 Å². The van der Waals surface area contributed by atoms with E-state index in [1.54, 1.807) is 24.3 Å². The summed E-state index contributed by atoms with van der Waals surface area (Å²) in [7, 11) is -1.43. The Labute approximate surface area is 148 Å². The molecule has 0 saturated carbocycles. The molecule has 134 valence electrons. The number of hydrogen-bond donors (Lipinski definition) is 2. The molecule has 0 bridgehead atoms. The standard InChI is InChI=1S/C18H23N3O3S/c1-21(15-9-4-3-5-10-15)14-8-13-19-18(22)16-11-6-7-12-17(16)20-25(2,23)24/h3-7,9-12,20H,8,13-14H2,1-2H3,(H,19,22). The average molecular weight is 361 g/mol. The zero-order chi connectivity index (χ0) is 18.3. The lowest BCUT2D eigenvalue weighted by molar-refractivity contribution is 0.0954. The molecule has 2 N–H and O–H groups in total. The van der Waals surface area contributed by atoms with Crippen LogP contribution in [0, 0.1) is 0 Å². The van der Waals surface area contributed by atoms with Crippen molar-refractivity contribution in [1.82, 2.24) is 5.32 Å². The molecule has 0 aliphatic carbocycles. The fourth-order valence-corrected chi connectivity index (χ4v) is 2.97. The molecule has 0 atom stereocenters. The second kappa shape index (κ2) is 8.53. The third-order valence-corrected chi connectivity index (χ3v) is 4.21. The van der Waals surface area contributed by atoms with Gasteiger partial charge in [-0.25, -0.2) is 8.42 Å². The zero-order valence-corrected chi connectivity index (χ0v) is 15.2. The second-order valence-electron chi connectivity index (χ2n) is 5.79. The summed E-state index contributed by atoms with van der Waals surface area (Å²) in [6.07, 6.45) is 1.83. The minimum Gasteiger partial charge on any atom is -0.375 e. The summed E-state index contributed by atoms with van der Waals surface area (Å²) in [4.78, 5) is 14.4. The summed E-state index contributed by atoms with van der Waals surface area (Å²) in [5.41, 5.74) is 1.71.